The molecule has 4 aromatic rings. The van der Waals surface area contributed by atoms with E-state index in [1.807, 2.05) is 12.1 Å². The van der Waals surface area contributed by atoms with Gasteiger partial charge in [-0.3, -0.25) is 10.1 Å². The lowest BCUT2D eigenvalue weighted by atomic mass is 10.2. The quantitative estimate of drug-likeness (QED) is 0.269. The van der Waals surface area contributed by atoms with E-state index in [1.54, 1.807) is 49.6 Å². The lowest BCUT2D eigenvalue weighted by Crippen LogP contribution is -2.13. The van der Waals surface area contributed by atoms with E-state index in [-0.39, 0.29) is 5.57 Å². The van der Waals surface area contributed by atoms with E-state index in [0.717, 1.165) is 10.2 Å². The lowest BCUT2D eigenvalue weighted by molar-refractivity contribution is -0.112. The number of aromatic nitrogens is 1. The van der Waals surface area contributed by atoms with Gasteiger partial charge >= 0.3 is 0 Å². The van der Waals surface area contributed by atoms with Crippen LogP contribution in [0.15, 0.2) is 58.5 Å². The molecule has 2 heterocycles. The zero-order valence-electron chi connectivity index (χ0n) is 16.0. The van der Waals surface area contributed by atoms with Gasteiger partial charge in [0.25, 0.3) is 5.91 Å². The van der Waals surface area contributed by atoms with Gasteiger partial charge < -0.3 is 9.15 Å². The minimum atomic E-state index is -0.591. The third-order valence-electron chi connectivity index (χ3n) is 4.29. The summed E-state index contributed by atoms with van der Waals surface area (Å²) in [6.45, 7) is 0. The van der Waals surface area contributed by atoms with E-state index < -0.39 is 5.91 Å². The van der Waals surface area contributed by atoms with Crippen LogP contribution in [0.1, 0.15) is 5.76 Å². The Morgan fingerprint density at radius 1 is 1.23 bits per heavy atom. The molecule has 0 unspecified atom stereocenters. The summed E-state index contributed by atoms with van der Waals surface area (Å²) in [6.07, 6.45) is 1.35. The molecule has 0 bridgehead atoms. The van der Waals surface area contributed by atoms with Gasteiger partial charge in [-0.15, -0.1) is 0 Å². The van der Waals surface area contributed by atoms with Crippen molar-refractivity contribution in [3.8, 4) is 23.1 Å². The number of halogens is 2. The van der Waals surface area contributed by atoms with Gasteiger partial charge in [0, 0.05) is 16.7 Å². The normalized spacial score (nSPS) is 11.4. The highest BCUT2D eigenvalue weighted by molar-refractivity contribution is 7.22. The van der Waals surface area contributed by atoms with Crippen LogP contribution in [0, 0.1) is 11.3 Å². The molecule has 154 valence electrons. The van der Waals surface area contributed by atoms with Crippen LogP contribution >= 0.6 is 34.5 Å². The van der Waals surface area contributed by atoms with E-state index in [4.69, 9.17) is 32.4 Å². The molecule has 1 amide bonds. The molecule has 1 N–H and O–H groups in total. The number of methoxy groups -OCH3 is 1. The predicted octanol–water partition coefficient (Wildman–Crippen LogP) is 6.42. The summed E-state index contributed by atoms with van der Waals surface area (Å²) >= 11 is 13.5. The van der Waals surface area contributed by atoms with Crippen molar-refractivity contribution in [2.75, 3.05) is 12.4 Å². The molecule has 6 nitrogen and oxygen atoms in total. The number of carbonyl (C=O) groups is 1. The van der Waals surface area contributed by atoms with Crippen LogP contribution < -0.4 is 10.1 Å². The van der Waals surface area contributed by atoms with Crippen molar-refractivity contribution in [1.82, 2.24) is 4.98 Å². The minimum Gasteiger partial charge on any atom is -0.497 e. The molecule has 0 radical (unpaired) electrons. The number of nitrogens with zero attached hydrogens (tertiary/aromatic N) is 2. The van der Waals surface area contributed by atoms with Gasteiger partial charge in [-0.2, -0.15) is 5.26 Å². The molecule has 31 heavy (non-hydrogen) atoms. The Balaban J connectivity index is 1.56. The minimum absolute atomic E-state index is 0.130. The maximum absolute atomic E-state index is 12.6. The number of hydrogen-bond donors (Lipinski definition) is 1. The molecule has 0 atom stereocenters. The van der Waals surface area contributed by atoms with E-state index in [2.05, 4.69) is 10.3 Å². The number of furan rings is 1. The highest BCUT2D eigenvalue weighted by atomic mass is 35.5. The predicted molar refractivity (Wildman–Crippen MR) is 123 cm³/mol. The Bertz CT molecular complexity index is 1370. The van der Waals surface area contributed by atoms with Crippen molar-refractivity contribution in [2.45, 2.75) is 0 Å². The van der Waals surface area contributed by atoms with Crippen LogP contribution in [0.2, 0.25) is 10.0 Å². The largest absolute Gasteiger partial charge is 0.497 e. The molecule has 9 heteroatoms. The second kappa shape index (κ2) is 8.82. The van der Waals surface area contributed by atoms with Gasteiger partial charge in [0.1, 0.15) is 28.9 Å². The zero-order chi connectivity index (χ0) is 22.0. The number of nitriles is 1. The molecule has 0 spiro atoms. The third-order valence-corrected chi connectivity index (χ3v) is 5.79. The average molecular weight is 470 g/mol. The molecule has 0 aliphatic heterocycles. The SMILES string of the molecule is COc1ccc2nc(NC(=O)/C(C#N)=C/c3ccc(-c4cc(Cl)ccc4Cl)o3)sc2c1. The van der Waals surface area contributed by atoms with Gasteiger partial charge in [-0.05, 0) is 48.5 Å². The molecular weight excluding hydrogens is 457 g/mol. The molecule has 0 aliphatic carbocycles. The fourth-order valence-corrected chi connectivity index (χ4v) is 4.07. The van der Waals surface area contributed by atoms with Crippen LogP contribution in [0.5, 0.6) is 5.75 Å². The molecule has 0 aliphatic rings. The molecular formula is C22H13Cl2N3O3S. The third kappa shape index (κ3) is 4.57. The molecule has 2 aromatic heterocycles. The summed E-state index contributed by atoms with van der Waals surface area (Å²) in [5, 5.41) is 13.5. The van der Waals surface area contributed by atoms with Crippen LogP contribution in [-0.2, 0) is 4.79 Å². The smallest absolute Gasteiger partial charge is 0.268 e. The van der Waals surface area contributed by atoms with E-state index in [9.17, 15) is 10.1 Å². The monoisotopic (exact) mass is 469 g/mol. The van der Waals surface area contributed by atoms with Gasteiger partial charge in [0.2, 0.25) is 0 Å². The van der Waals surface area contributed by atoms with Crippen molar-refractivity contribution < 1.29 is 13.9 Å². The van der Waals surface area contributed by atoms with E-state index in [0.29, 0.717) is 38.0 Å². The number of anilines is 1. The topological polar surface area (TPSA) is 88.1 Å². The van der Waals surface area contributed by atoms with Crippen LogP contribution in [-0.4, -0.2) is 18.0 Å². The summed E-state index contributed by atoms with van der Waals surface area (Å²) in [4.78, 5) is 16.9. The second-order valence-corrected chi connectivity index (χ2v) is 8.18. The fourth-order valence-electron chi connectivity index (χ4n) is 2.80. The van der Waals surface area contributed by atoms with Gasteiger partial charge in [-0.25, -0.2) is 4.98 Å². The molecule has 2 aromatic carbocycles. The molecule has 0 saturated heterocycles. The average Bonchev–Trinajstić information content (AvgIpc) is 3.39. The maximum Gasteiger partial charge on any atom is 0.268 e. The number of benzene rings is 2. The maximum atomic E-state index is 12.6. The standard InChI is InChI=1S/C22H13Cl2N3O3S/c1-29-14-3-6-18-20(10-14)31-22(26-18)27-21(28)12(11-25)8-15-4-7-19(30-15)16-9-13(23)2-5-17(16)24/h2-10H,1H3,(H,26,27,28)/b12-8+. The Morgan fingerprint density at radius 3 is 2.84 bits per heavy atom. The first-order chi connectivity index (χ1) is 15.0. The first kappa shape index (κ1) is 20.9. The van der Waals surface area contributed by atoms with Crippen molar-refractivity contribution in [3.05, 3.63) is 69.9 Å². The summed E-state index contributed by atoms with van der Waals surface area (Å²) in [7, 11) is 1.58. The number of rotatable bonds is 5. The number of fused-ring (bicyclic) bond motifs is 1. The van der Waals surface area contributed by atoms with Crippen LogP contribution in [0.3, 0.4) is 0 Å². The van der Waals surface area contributed by atoms with Gasteiger partial charge in [-0.1, -0.05) is 34.5 Å². The van der Waals surface area contributed by atoms with Crippen LogP contribution in [0.4, 0.5) is 5.13 Å². The number of hydrogen-bond acceptors (Lipinski definition) is 6. The first-order valence-corrected chi connectivity index (χ1v) is 10.5. The summed E-state index contributed by atoms with van der Waals surface area (Å²) in [5.74, 6) is 0.899. The van der Waals surface area contributed by atoms with Crippen molar-refractivity contribution in [1.29, 1.82) is 5.26 Å². The highest BCUT2D eigenvalue weighted by Gasteiger charge is 2.15. The van der Waals surface area contributed by atoms with E-state index >= 15 is 0 Å². The molecule has 0 fully saturated rings. The van der Waals surface area contributed by atoms with Gasteiger partial charge in [0.15, 0.2) is 5.13 Å². The van der Waals surface area contributed by atoms with Crippen molar-refractivity contribution in [2.24, 2.45) is 0 Å². The first-order valence-electron chi connectivity index (χ1n) is 8.90. The second-order valence-electron chi connectivity index (χ2n) is 6.30. The molecule has 4 rings (SSSR count). The van der Waals surface area contributed by atoms with Crippen LogP contribution in [0.25, 0.3) is 27.6 Å². The Morgan fingerprint density at radius 2 is 2.06 bits per heavy atom. The number of ether oxygens (including phenoxy) is 1. The van der Waals surface area contributed by atoms with Crippen molar-refractivity contribution >= 4 is 61.9 Å². The van der Waals surface area contributed by atoms with E-state index in [1.165, 1.54) is 17.4 Å². The number of thiazole rings is 1. The zero-order valence-corrected chi connectivity index (χ0v) is 18.3. The van der Waals surface area contributed by atoms with Crippen molar-refractivity contribution in [3.63, 3.8) is 0 Å². The molecule has 0 saturated carbocycles. The highest BCUT2D eigenvalue weighted by Crippen LogP contribution is 2.33. The number of carbonyl (C=O) groups excluding carboxylic acids is 1. The fraction of sp³-hybridized carbons (Fsp3) is 0.0455. The Labute approximate surface area is 191 Å². The Kier molecular flexibility index (Phi) is 5.96. The number of amides is 1. The Hall–Kier alpha value is -3.31. The lowest BCUT2D eigenvalue weighted by Gasteiger charge is -2.01. The van der Waals surface area contributed by atoms with Gasteiger partial charge in [0.05, 0.1) is 22.3 Å². The number of nitrogens with one attached hydrogen (secondary N) is 1. The summed E-state index contributed by atoms with van der Waals surface area (Å²) in [5.41, 5.74) is 1.20. The summed E-state index contributed by atoms with van der Waals surface area (Å²) < 4.78 is 11.8. The summed E-state index contributed by atoms with van der Waals surface area (Å²) in [6, 6.07) is 15.7.